The molecule has 0 unspecified atom stereocenters. The molecule has 2 aromatic carbocycles. The molecule has 1 aliphatic rings. The molecule has 1 aliphatic heterocycles. The van der Waals surface area contributed by atoms with Gasteiger partial charge < -0.3 is 0 Å². The van der Waals surface area contributed by atoms with Crippen LogP contribution in [-0.4, -0.2) is 0 Å². The summed E-state index contributed by atoms with van der Waals surface area (Å²) in [6.45, 7) is 8.87. The van der Waals surface area contributed by atoms with Gasteiger partial charge in [-0.15, -0.1) is 0 Å². The number of fused-ring (bicyclic) bond motifs is 1. The van der Waals surface area contributed by atoms with Crippen molar-refractivity contribution in [1.82, 2.24) is 0 Å². The van der Waals surface area contributed by atoms with Gasteiger partial charge in [0.15, 0.2) is 0 Å². The zero-order valence-corrected chi connectivity index (χ0v) is 13.9. The molecule has 0 spiro atoms. The minimum absolute atomic E-state index is 0.662. The first-order chi connectivity index (χ1) is 10.6. The van der Waals surface area contributed by atoms with Gasteiger partial charge in [0.25, 0.3) is 0 Å². The van der Waals surface area contributed by atoms with E-state index >= 15 is 0 Å². The fourth-order valence-electron chi connectivity index (χ4n) is 3.12. The summed E-state index contributed by atoms with van der Waals surface area (Å²) in [7, 11) is 0. The minimum atomic E-state index is 0.662. The normalized spacial score (nSPS) is 13.7. The molecular formula is C21H23N. The van der Waals surface area contributed by atoms with E-state index < -0.39 is 0 Å². The number of aryl methyl sites for hydroxylation is 1. The van der Waals surface area contributed by atoms with Crippen LogP contribution in [0.1, 0.15) is 37.5 Å². The van der Waals surface area contributed by atoms with Gasteiger partial charge in [-0.25, -0.2) is 4.99 Å². The lowest BCUT2D eigenvalue weighted by atomic mass is 9.96. The predicted octanol–water partition coefficient (Wildman–Crippen LogP) is 4.04. The van der Waals surface area contributed by atoms with Crippen molar-refractivity contribution in [1.29, 1.82) is 0 Å². The topological polar surface area (TPSA) is 12.4 Å². The Morgan fingerprint density at radius 2 is 1.86 bits per heavy atom. The largest absolute Gasteiger partial charge is 0.248 e. The number of nitrogens with zero attached hydrogens (tertiary/aromatic N) is 1. The Bertz CT molecular complexity index is 854. The van der Waals surface area contributed by atoms with Gasteiger partial charge >= 0.3 is 0 Å². The molecule has 0 radical (unpaired) electrons. The van der Waals surface area contributed by atoms with Crippen molar-refractivity contribution in [2.24, 2.45) is 10.9 Å². The van der Waals surface area contributed by atoms with Crippen molar-refractivity contribution in [2.75, 3.05) is 0 Å². The molecule has 0 aliphatic carbocycles. The molecule has 0 saturated heterocycles. The van der Waals surface area contributed by atoms with Crippen LogP contribution >= 0.6 is 0 Å². The lowest BCUT2D eigenvalue weighted by Gasteiger charge is -2.14. The van der Waals surface area contributed by atoms with Gasteiger partial charge in [0, 0.05) is 5.22 Å². The van der Waals surface area contributed by atoms with Crippen LogP contribution in [0.3, 0.4) is 0 Å². The van der Waals surface area contributed by atoms with Gasteiger partial charge in [0.1, 0.15) is 0 Å². The van der Waals surface area contributed by atoms with Crippen LogP contribution in [0.5, 0.6) is 0 Å². The zero-order chi connectivity index (χ0) is 15.7. The van der Waals surface area contributed by atoms with Crippen LogP contribution in [0, 0.1) is 12.8 Å². The second-order valence-corrected chi connectivity index (χ2v) is 6.55. The smallest absolute Gasteiger partial charge is 0.0736 e. The molecule has 0 saturated carbocycles. The minimum Gasteiger partial charge on any atom is -0.248 e. The Morgan fingerprint density at radius 3 is 2.59 bits per heavy atom. The maximum atomic E-state index is 4.69. The van der Waals surface area contributed by atoms with Crippen molar-refractivity contribution in [3.05, 3.63) is 75.8 Å². The summed E-state index contributed by atoms with van der Waals surface area (Å²) in [6, 6.07) is 15.0. The van der Waals surface area contributed by atoms with Gasteiger partial charge in [0.2, 0.25) is 0 Å². The summed E-state index contributed by atoms with van der Waals surface area (Å²) in [5.74, 6) is 0.662. The van der Waals surface area contributed by atoms with E-state index in [-0.39, 0.29) is 0 Å². The third-order valence-electron chi connectivity index (χ3n) is 4.18. The third-order valence-corrected chi connectivity index (χ3v) is 4.18. The van der Waals surface area contributed by atoms with Crippen molar-refractivity contribution >= 4 is 11.3 Å². The van der Waals surface area contributed by atoms with Crippen LogP contribution in [0.2, 0.25) is 0 Å². The van der Waals surface area contributed by atoms with Crippen LogP contribution < -0.4 is 10.6 Å². The van der Waals surface area contributed by atoms with Crippen molar-refractivity contribution in [3.63, 3.8) is 0 Å². The molecule has 1 nitrogen and oxygen atoms in total. The third kappa shape index (κ3) is 2.76. The fourth-order valence-corrected chi connectivity index (χ4v) is 3.12. The average Bonchev–Trinajstić information content (AvgIpc) is 2.44. The second kappa shape index (κ2) is 5.92. The first-order valence-electron chi connectivity index (χ1n) is 8.01. The Hall–Kier alpha value is -2.15. The summed E-state index contributed by atoms with van der Waals surface area (Å²) in [4.78, 5) is 4.69. The number of rotatable bonds is 4. The van der Waals surface area contributed by atoms with Gasteiger partial charge in [-0.3, -0.25) is 0 Å². The van der Waals surface area contributed by atoms with Crippen molar-refractivity contribution in [3.8, 4) is 0 Å². The number of hydrogen-bond acceptors (Lipinski definition) is 1. The van der Waals surface area contributed by atoms with Gasteiger partial charge in [-0.2, -0.15) is 0 Å². The Morgan fingerprint density at radius 1 is 1.09 bits per heavy atom. The molecule has 22 heavy (non-hydrogen) atoms. The highest BCUT2D eigenvalue weighted by molar-refractivity contribution is 5.77. The molecule has 3 rings (SSSR count). The van der Waals surface area contributed by atoms with Crippen LogP contribution in [-0.2, 0) is 6.42 Å². The highest BCUT2D eigenvalue weighted by Crippen LogP contribution is 2.21. The SMILES string of the molecule is C/C(=C\C1=c2c(CC(C)C)cccc2=N1)c1ccccc1C. The molecule has 0 amide bonds. The number of hydrogen-bond donors (Lipinski definition) is 0. The second-order valence-electron chi connectivity index (χ2n) is 6.55. The fraction of sp³-hybridized carbons (Fsp3) is 0.286. The first-order valence-corrected chi connectivity index (χ1v) is 8.01. The van der Waals surface area contributed by atoms with E-state index in [4.69, 9.17) is 0 Å². The van der Waals surface area contributed by atoms with Gasteiger partial charge in [-0.1, -0.05) is 50.2 Å². The van der Waals surface area contributed by atoms with E-state index in [1.807, 2.05) is 0 Å². The molecular weight excluding hydrogens is 266 g/mol. The molecule has 1 heterocycles. The van der Waals surface area contributed by atoms with E-state index in [1.54, 1.807) is 0 Å². The van der Waals surface area contributed by atoms with Crippen molar-refractivity contribution in [2.45, 2.75) is 34.1 Å². The monoisotopic (exact) mass is 289 g/mol. The van der Waals surface area contributed by atoms with E-state index in [0.29, 0.717) is 5.92 Å². The summed E-state index contributed by atoms with van der Waals surface area (Å²) in [5, 5.41) is 2.49. The summed E-state index contributed by atoms with van der Waals surface area (Å²) >= 11 is 0. The maximum Gasteiger partial charge on any atom is 0.0736 e. The molecule has 0 bridgehead atoms. The Labute approximate surface area is 132 Å². The molecule has 0 aromatic heterocycles. The molecule has 112 valence electrons. The van der Waals surface area contributed by atoms with Crippen molar-refractivity contribution < 1.29 is 0 Å². The highest BCUT2D eigenvalue weighted by Gasteiger charge is 2.12. The van der Waals surface area contributed by atoms with Gasteiger partial charge in [-0.05, 0) is 60.6 Å². The molecule has 2 aromatic rings. The van der Waals surface area contributed by atoms with Crippen LogP contribution in [0.25, 0.3) is 11.3 Å². The van der Waals surface area contributed by atoms with Crippen LogP contribution in [0.4, 0.5) is 0 Å². The van der Waals surface area contributed by atoms with E-state index in [1.165, 1.54) is 27.5 Å². The predicted molar refractivity (Wildman–Crippen MR) is 94.0 cm³/mol. The standard InChI is InChI=1S/C21H23N/c1-14(2)12-17-9-7-11-19-21(17)20(22-19)13-16(4)18-10-6-5-8-15(18)3/h5-11,13-14H,12H2,1-4H3/b16-13+. The number of allylic oxidation sites excluding steroid dienone is 1. The summed E-state index contributed by atoms with van der Waals surface area (Å²) < 4.78 is 0. The van der Waals surface area contributed by atoms with Crippen LogP contribution in [0.15, 0.2) is 53.5 Å². The molecule has 0 fully saturated rings. The van der Waals surface area contributed by atoms with E-state index in [2.05, 4.69) is 81.2 Å². The number of benzene rings is 2. The molecule has 0 N–H and O–H groups in total. The first kappa shape index (κ1) is 14.8. The summed E-state index contributed by atoms with van der Waals surface area (Å²) in [6.07, 6.45) is 3.34. The van der Waals surface area contributed by atoms with E-state index in [0.717, 1.165) is 17.5 Å². The quantitative estimate of drug-likeness (QED) is 0.805. The molecule has 1 heteroatoms. The average molecular weight is 289 g/mol. The lowest BCUT2D eigenvalue weighted by Crippen LogP contribution is -2.37. The maximum absolute atomic E-state index is 4.69. The molecule has 0 atom stereocenters. The van der Waals surface area contributed by atoms with E-state index in [9.17, 15) is 0 Å². The van der Waals surface area contributed by atoms with Gasteiger partial charge in [0.05, 0.1) is 11.1 Å². The Balaban J connectivity index is 2.05. The summed E-state index contributed by atoms with van der Waals surface area (Å²) in [5.41, 5.74) is 6.45. The Kier molecular flexibility index (Phi) is 3.98. The zero-order valence-electron chi connectivity index (χ0n) is 13.9. The lowest BCUT2D eigenvalue weighted by molar-refractivity contribution is 0.643. The highest BCUT2D eigenvalue weighted by atomic mass is 14.8.